The average Bonchev–Trinajstić information content (AvgIpc) is 3.91. The lowest BCUT2D eigenvalue weighted by Gasteiger charge is -2.33. The molecule has 1 aliphatic heterocycles. The maximum absolute atomic E-state index is 12.9. The van der Waals surface area contributed by atoms with Crippen LogP contribution < -0.4 is 5.32 Å². The molecule has 3 heterocycles. The number of carbonyl (C=O) groups excluding carboxylic acids is 1. The van der Waals surface area contributed by atoms with Gasteiger partial charge in [0, 0.05) is 42.8 Å². The number of nitrogens with one attached hydrogen (secondary N) is 2. The van der Waals surface area contributed by atoms with Gasteiger partial charge >= 0.3 is 5.97 Å². The van der Waals surface area contributed by atoms with E-state index in [9.17, 15) is 20.1 Å². The number of aromatic nitrogens is 3. The van der Waals surface area contributed by atoms with Crippen molar-refractivity contribution in [2.24, 2.45) is 11.8 Å². The second-order valence-electron chi connectivity index (χ2n) is 16.1. The Labute approximate surface area is 330 Å². The zero-order chi connectivity index (χ0) is 38.9. The van der Waals surface area contributed by atoms with Crippen LogP contribution in [-0.4, -0.2) is 78.4 Å². The highest BCUT2D eigenvalue weighted by Gasteiger charge is 2.40. The number of unbranched alkanes of at least 4 members (excludes halogenated alkanes) is 1. The number of aliphatic hydroxyl groups excluding tert-OH is 3. The number of carbonyl (C=O) groups is 1. The molecule has 0 spiro atoms. The molecule has 10 nitrogen and oxygen atoms in total. The van der Waals surface area contributed by atoms with Crippen molar-refractivity contribution < 1.29 is 24.9 Å². The second kappa shape index (κ2) is 19.1. The van der Waals surface area contributed by atoms with E-state index in [1.807, 2.05) is 42.1 Å². The molecule has 2 aliphatic rings. The molecule has 1 saturated heterocycles. The molecule has 2 aromatic heterocycles. The molecule has 3 aromatic carbocycles. The van der Waals surface area contributed by atoms with Crippen molar-refractivity contribution in [1.29, 1.82) is 0 Å². The van der Waals surface area contributed by atoms with Gasteiger partial charge in [-0.15, -0.1) is 0 Å². The van der Waals surface area contributed by atoms with Crippen molar-refractivity contribution in [1.82, 2.24) is 19.7 Å². The third-order valence-electron chi connectivity index (χ3n) is 12.0. The Balaban J connectivity index is 0.830. The number of aliphatic hydroxyl groups is 3. The molecule has 1 aliphatic carbocycles. The van der Waals surface area contributed by atoms with Crippen LogP contribution in [0.5, 0.6) is 0 Å². The first-order valence-electron chi connectivity index (χ1n) is 20.7. The summed E-state index contributed by atoms with van der Waals surface area (Å²) in [6.45, 7) is 4.82. The number of anilines is 1. The number of nitrogens with zero attached hydrogens (tertiary/aromatic N) is 3. The van der Waals surface area contributed by atoms with E-state index >= 15 is 0 Å². The van der Waals surface area contributed by atoms with Gasteiger partial charge in [0.25, 0.3) is 0 Å². The highest BCUT2D eigenvalue weighted by molar-refractivity contribution is 5.82. The topological polar surface area (TPSA) is 136 Å². The van der Waals surface area contributed by atoms with Gasteiger partial charge in [-0.3, -0.25) is 14.8 Å². The van der Waals surface area contributed by atoms with E-state index in [1.54, 1.807) is 0 Å². The molecular formula is C46H59N5O5. The van der Waals surface area contributed by atoms with Crippen molar-refractivity contribution in [2.45, 2.75) is 115 Å². The highest BCUT2D eigenvalue weighted by Crippen LogP contribution is 2.38. The molecule has 1 unspecified atom stereocenters. The summed E-state index contributed by atoms with van der Waals surface area (Å²) in [5.74, 6) is -0.288. The van der Waals surface area contributed by atoms with Crippen LogP contribution in [0.4, 0.5) is 5.69 Å². The number of hydrogen-bond acceptors (Lipinski definition) is 8. The lowest BCUT2D eigenvalue weighted by atomic mass is 9.85. The van der Waals surface area contributed by atoms with Gasteiger partial charge in [0.2, 0.25) is 0 Å². The van der Waals surface area contributed by atoms with Gasteiger partial charge in [0.05, 0.1) is 35.5 Å². The van der Waals surface area contributed by atoms with Crippen LogP contribution in [0, 0.1) is 11.8 Å². The zero-order valence-electron chi connectivity index (χ0n) is 32.7. The maximum Gasteiger partial charge on any atom is 0.307 e. The third-order valence-corrected chi connectivity index (χ3v) is 12.0. The van der Waals surface area contributed by atoms with Crippen LogP contribution in [0.15, 0.2) is 97.3 Å². The SMILES string of the molecule is CC(OC(=O)CCCC=CC[C@@H]1[C@@H](CC[C@@H](O)CCc2ccccc2)[C@H](O)C[C@@H]1O)n1ccc2ccc(CN3CCC[C@@H](Nc4ccc5[nH]ncc5c4)C3)cc21. The minimum atomic E-state index is -0.550. The Morgan fingerprint density at radius 1 is 1.00 bits per heavy atom. The molecule has 56 heavy (non-hydrogen) atoms. The van der Waals surface area contributed by atoms with Crippen molar-refractivity contribution in [2.75, 3.05) is 18.4 Å². The molecule has 2 fully saturated rings. The summed E-state index contributed by atoms with van der Waals surface area (Å²) in [6, 6.07) is 25.6. The summed E-state index contributed by atoms with van der Waals surface area (Å²) in [5, 5.41) is 45.1. The molecule has 5 N–H and O–H groups in total. The fraction of sp³-hybridized carbons (Fsp3) is 0.478. The first-order valence-corrected chi connectivity index (χ1v) is 20.7. The largest absolute Gasteiger partial charge is 0.441 e. The quantitative estimate of drug-likeness (QED) is 0.0346. The van der Waals surface area contributed by atoms with E-state index in [2.05, 4.69) is 87.2 Å². The fourth-order valence-corrected chi connectivity index (χ4v) is 8.91. The molecule has 298 valence electrons. The monoisotopic (exact) mass is 761 g/mol. The van der Waals surface area contributed by atoms with E-state index in [4.69, 9.17) is 4.74 Å². The number of allylic oxidation sites excluding steroid dienone is 2. The Morgan fingerprint density at radius 3 is 2.73 bits per heavy atom. The Morgan fingerprint density at radius 2 is 1.86 bits per heavy atom. The predicted molar refractivity (Wildman–Crippen MR) is 222 cm³/mol. The number of aromatic amines is 1. The highest BCUT2D eigenvalue weighted by atomic mass is 16.6. The summed E-state index contributed by atoms with van der Waals surface area (Å²) >= 11 is 0. The van der Waals surface area contributed by atoms with Crippen LogP contribution in [0.25, 0.3) is 21.8 Å². The molecule has 0 radical (unpaired) electrons. The smallest absolute Gasteiger partial charge is 0.307 e. The van der Waals surface area contributed by atoms with Gasteiger partial charge in [-0.1, -0.05) is 54.6 Å². The molecule has 0 amide bonds. The van der Waals surface area contributed by atoms with Crippen molar-refractivity contribution in [3.63, 3.8) is 0 Å². The number of H-pyrrole nitrogens is 1. The van der Waals surface area contributed by atoms with Gasteiger partial charge in [-0.05, 0) is 136 Å². The number of rotatable bonds is 18. The maximum atomic E-state index is 12.9. The molecule has 7 rings (SSSR count). The van der Waals surface area contributed by atoms with Crippen LogP contribution in [0.2, 0.25) is 0 Å². The predicted octanol–water partition coefficient (Wildman–Crippen LogP) is 7.90. The van der Waals surface area contributed by atoms with Crippen LogP contribution >= 0.6 is 0 Å². The minimum Gasteiger partial charge on any atom is -0.441 e. The van der Waals surface area contributed by atoms with Crippen LogP contribution in [0.3, 0.4) is 0 Å². The van der Waals surface area contributed by atoms with E-state index in [-0.39, 0.29) is 17.8 Å². The van der Waals surface area contributed by atoms with Crippen LogP contribution in [-0.2, 0) is 22.5 Å². The third kappa shape index (κ3) is 10.5. The van der Waals surface area contributed by atoms with E-state index < -0.39 is 24.5 Å². The number of hydrogen-bond donors (Lipinski definition) is 5. The number of aryl methyl sites for hydroxylation is 1. The lowest BCUT2D eigenvalue weighted by Crippen LogP contribution is -2.41. The van der Waals surface area contributed by atoms with Gasteiger partial charge in [-0.25, -0.2) is 0 Å². The standard InChI is InChI=1S/C46H59N5O5/c1-32(56-46(55)14-8-3-2-7-13-40-41(45(54)28-44(40)53)21-20-39(52)19-16-33-10-5-4-6-11-33)51-25-23-35-17-15-34(26-43(35)51)30-50-24-9-12-38(31-50)48-37-18-22-42-36(27-37)29-47-49-42/h2,4-7,10-11,15,17-18,22-23,25-27,29,32,38-41,44-45,48,52-54H,3,8-9,12-14,16,19-21,24,28,30-31H2,1H3,(H,47,49)/t32?,38-,39+,40-,41-,44+,45-/m1/s1. The van der Waals surface area contributed by atoms with E-state index in [0.29, 0.717) is 51.0 Å². The van der Waals surface area contributed by atoms with Gasteiger partial charge in [0.15, 0.2) is 6.23 Å². The number of benzene rings is 3. The molecule has 5 aromatic rings. The minimum absolute atomic E-state index is 0.0338. The first-order chi connectivity index (χ1) is 27.3. The Hall–Kier alpha value is -4.48. The van der Waals surface area contributed by atoms with Gasteiger partial charge < -0.3 is 29.9 Å². The van der Waals surface area contributed by atoms with Crippen molar-refractivity contribution in [3.8, 4) is 0 Å². The molecular weight excluding hydrogens is 703 g/mol. The van der Waals surface area contributed by atoms with Crippen LogP contribution in [0.1, 0.15) is 88.5 Å². The van der Waals surface area contributed by atoms with Crippen molar-refractivity contribution >= 4 is 33.5 Å². The number of ether oxygens (including phenoxy) is 1. The molecule has 7 atom stereocenters. The average molecular weight is 762 g/mol. The number of fused-ring (bicyclic) bond motifs is 2. The number of likely N-dealkylation sites (tertiary alicyclic amines) is 1. The van der Waals surface area contributed by atoms with Gasteiger partial charge in [0.1, 0.15) is 0 Å². The number of piperidine rings is 1. The fourth-order valence-electron chi connectivity index (χ4n) is 8.91. The summed E-state index contributed by atoms with van der Waals surface area (Å²) in [4.78, 5) is 15.4. The second-order valence-corrected chi connectivity index (χ2v) is 16.1. The zero-order valence-corrected chi connectivity index (χ0v) is 32.7. The van der Waals surface area contributed by atoms with E-state index in [0.717, 1.165) is 72.8 Å². The molecule has 0 bridgehead atoms. The summed E-state index contributed by atoms with van der Waals surface area (Å²) in [7, 11) is 0. The van der Waals surface area contributed by atoms with Crippen molar-refractivity contribution in [3.05, 3.63) is 108 Å². The summed E-state index contributed by atoms with van der Waals surface area (Å²) < 4.78 is 7.94. The first kappa shape index (κ1) is 39.7. The number of esters is 1. The Bertz CT molecular complexity index is 2030. The van der Waals surface area contributed by atoms with E-state index in [1.165, 1.54) is 11.1 Å². The van der Waals surface area contributed by atoms with Gasteiger partial charge in [-0.2, -0.15) is 5.10 Å². The molecule has 10 heteroatoms. The molecule has 1 saturated carbocycles. The summed E-state index contributed by atoms with van der Waals surface area (Å²) in [5.41, 5.74) is 5.68. The lowest BCUT2D eigenvalue weighted by molar-refractivity contribution is -0.152. The normalized spacial score (nSPS) is 22.9. The Kier molecular flexibility index (Phi) is 13.6. The summed E-state index contributed by atoms with van der Waals surface area (Å²) in [6.07, 6.45) is 14.0.